The van der Waals surface area contributed by atoms with Gasteiger partial charge < -0.3 is 0 Å². The van der Waals surface area contributed by atoms with Crippen LogP contribution in [0.1, 0.15) is 12.8 Å². The van der Waals surface area contributed by atoms with E-state index < -0.39 is 6.18 Å². The van der Waals surface area contributed by atoms with E-state index >= 15 is 0 Å². The van der Waals surface area contributed by atoms with Crippen molar-refractivity contribution in [1.29, 1.82) is 0 Å². The van der Waals surface area contributed by atoms with Crippen LogP contribution in [0.5, 0.6) is 0 Å². The van der Waals surface area contributed by atoms with Gasteiger partial charge in [-0.05, 0) is 12.8 Å². The van der Waals surface area contributed by atoms with Crippen LogP contribution >= 0.6 is 0 Å². The second kappa shape index (κ2) is 7.15. The van der Waals surface area contributed by atoms with E-state index in [1.165, 1.54) is 12.8 Å². The van der Waals surface area contributed by atoms with E-state index in [-0.39, 0.29) is 29.6 Å². The van der Waals surface area contributed by atoms with Gasteiger partial charge >= 0.3 is 29.6 Å². The predicted octanol–water partition coefficient (Wildman–Crippen LogP) is -1.66. The van der Waals surface area contributed by atoms with Crippen molar-refractivity contribution < 1.29 is 42.7 Å². The van der Waals surface area contributed by atoms with Crippen molar-refractivity contribution in [2.24, 2.45) is 5.84 Å². The molecule has 1 saturated heterocycles. The van der Waals surface area contributed by atoms with Crippen LogP contribution in [0.4, 0.5) is 13.2 Å². The molecule has 6 heteroatoms. The average molecular weight is 192 g/mol. The Labute approximate surface area is 92.5 Å². The second-order valence-corrected chi connectivity index (χ2v) is 2.36. The number of rotatable bonds is 0. The molecule has 2 N–H and O–H groups in total. The Morgan fingerprint density at radius 3 is 1.50 bits per heavy atom. The quantitative estimate of drug-likeness (QED) is 0.283. The van der Waals surface area contributed by atoms with Crippen LogP contribution in [0, 0.1) is 6.92 Å². The molecule has 1 aliphatic rings. The van der Waals surface area contributed by atoms with Gasteiger partial charge in [-0.25, -0.2) is 25.1 Å². The van der Waals surface area contributed by atoms with Crippen molar-refractivity contribution in [3.8, 4) is 0 Å². The summed E-state index contributed by atoms with van der Waals surface area (Å²) in [6.45, 7) is 3.97. The fraction of sp³-hybridized carbons (Fsp3) is 0.833. The van der Waals surface area contributed by atoms with Crippen molar-refractivity contribution in [2.45, 2.75) is 19.0 Å². The van der Waals surface area contributed by atoms with Crippen molar-refractivity contribution in [2.75, 3.05) is 13.1 Å². The Kier molecular flexibility index (Phi) is 9.05. The summed E-state index contributed by atoms with van der Waals surface area (Å²) in [6, 6.07) is 0. The maximum atomic E-state index is 10.2. The molecule has 1 rings (SSSR count). The summed E-state index contributed by atoms with van der Waals surface area (Å²) in [7, 11) is 0. The van der Waals surface area contributed by atoms with Crippen LogP contribution < -0.4 is 35.4 Å². The zero-order chi connectivity index (χ0) is 8.91. The molecule has 0 atom stereocenters. The first-order chi connectivity index (χ1) is 4.89. The zero-order valence-corrected chi connectivity index (χ0v) is 9.19. The number of nitrogens with zero attached hydrogens (tertiary/aromatic N) is 1. The van der Waals surface area contributed by atoms with Crippen LogP contribution in [0.25, 0.3) is 0 Å². The third-order valence-electron chi connectivity index (χ3n) is 1.14. The van der Waals surface area contributed by atoms with E-state index in [1.807, 2.05) is 5.01 Å². The molecular formula is C6H12F3N2Na. The third kappa shape index (κ3) is 17.0. The first-order valence-corrected chi connectivity index (χ1v) is 3.31. The molecule has 1 aliphatic heterocycles. The van der Waals surface area contributed by atoms with Gasteiger partial charge in [-0.3, -0.25) is 5.84 Å². The molecule has 0 aromatic heterocycles. The molecule has 68 valence electrons. The number of alkyl halides is 3. The largest absolute Gasteiger partial charge is 1.00 e. The topological polar surface area (TPSA) is 29.3 Å². The monoisotopic (exact) mass is 192 g/mol. The molecule has 0 spiro atoms. The van der Waals surface area contributed by atoms with Gasteiger partial charge in [0.25, 0.3) is 6.18 Å². The predicted molar refractivity (Wildman–Crippen MR) is 36.4 cm³/mol. The normalized spacial score (nSPS) is 17.8. The summed E-state index contributed by atoms with van der Waals surface area (Å²) in [5, 5.41) is 1.86. The fourth-order valence-electron chi connectivity index (χ4n) is 0.742. The Morgan fingerprint density at radius 1 is 1.17 bits per heavy atom. The van der Waals surface area contributed by atoms with Crippen LogP contribution in [0.3, 0.4) is 0 Å². The molecule has 0 aromatic rings. The minimum absolute atomic E-state index is 0. The molecule has 0 radical (unpaired) electrons. The molecule has 12 heavy (non-hydrogen) atoms. The summed E-state index contributed by atoms with van der Waals surface area (Å²) in [5.74, 6) is 5.37. The molecule has 0 bridgehead atoms. The van der Waals surface area contributed by atoms with Crippen molar-refractivity contribution in [1.82, 2.24) is 5.01 Å². The van der Waals surface area contributed by atoms with E-state index in [0.717, 1.165) is 13.1 Å². The van der Waals surface area contributed by atoms with Crippen LogP contribution in [0.2, 0.25) is 0 Å². The summed E-state index contributed by atoms with van der Waals surface area (Å²) >= 11 is 0. The zero-order valence-electron chi connectivity index (χ0n) is 7.19. The number of halogens is 3. The summed E-state index contributed by atoms with van der Waals surface area (Å²) < 4.78 is 30.7. The molecule has 0 unspecified atom stereocenters. The van der Waals surface area contributed by atoms with Crippen molar-refractivity contribution >= 4 is 0 Å². The Morgan fingerprint density at radius 2 is 1.42 bits per heavy atom. The SMILES string of the molecule is NN1CCCC1.[CH2-]C(F)(F)F.[Na+]. The number of hydrogen-bond acceptors (Lipinski definition) is 2. The molecule has 1 fully saturated rings. The smallest absolute Gasteiger partial charge is 0.269 e. The summed E-state index contributed by atoms with van der Waals surface area (Å²) in [5.41, 5.74) is 0. The summed E-state index contributed by atoms with van der Waals surface area (Å²) in [4.78, 5) is 0. The molecule has 0 aromatic carbocycles. The summed E-state index contributed by atoms with van der Waals surface area (Å²) in [6.07, 6.45) is -1.67. The molecule has 0 saturated carbocycles. The fourth-order valence-corrected chi connectivity index (χ4v) is 0.742. The van der Waals surface area contributed by atoms with Gasteiger partial charge in [0.2, 0.25) is 0 Å². The van der Waals surface area contributed by atoms with E-state index in [4.69, 9.17) is 5.84 Å². The number of hydrazine groups is 1. The maximum absolute atomic E-state index is 10.2. The second-order valence-electron chi connectivity index (χ2n) is 2.36. The van der Waals surface area contributed by atoms with E-state index in [2.05, 4.69) is 0 Å². The number of nitrogens with two attached hydrogens (primary N) is 1. The first-order valence-electron chi connectivity index (χ1n) is 3.31. The van der Waals surface area contributed by atoms with E-state index in [9.17, 15) is 13.2 Å². The Hall–Kier alpha value is 0.710. The third-order valence-corrected chi connectivity index (χ3v) is 1.14. The van der Waals surface area contributed by atoms with Crippen molar-refractivity contribution in [3.63, 3.8) is 0 Å². The van der Waals surface area contributed by atoms with Crippen LogP contribution in [-0.4, -0.2) is 24.3 Å². The average Bonchev–Trinajstić information content (AvgIpc) is 2.12. The van der Waals surface area contributed by atoms with Crippen LogP contribution in [-0.2, 0) is 0 Å². The first kappa shape index (κ1) is 15.2. The van der Waals surface area contributed by atoms with Gasteiger partial charge in [0.1, 0.15) is 0 Å². The minimum atomic E-state index is -4.25. The standard InChI is InChI=1S/C4H10N2.C2H2F3.Na/c5-6-3-1-2-4-6;1-2(3,4)5;/h1-5H2;1H2;/q;-1;+1. The Balaban J connectivity index is 0. The minimum Gasteiger partial charge on any atom is -0.269 e. The van der Waals surface area contributed by atoms with E-state index in [1.54, 1.807) is 6.92 Å². The van der Waals surface area contributed by atoms with Gasteiger partial charge in [0.05, 0.1) is 0 Å². The Bertz CT molecular complexity index is 95.5. The van der Waals surface area contributed by atoms with Crippen molar-refractivity contribution in [3.05, 3.63) is 6.92 Å². The van der Waals surface area contributed by atoms with Gasteiger partial charge in [-0.15, -0.1) is 0 Å². The molecule has 0 aliphatic carbocycles. The van der Waals surface area contributed by atoms with Gasteiger partial charge in [-0.1, -0.05) is 0 Å². The maximum Gasteiger partial charge on any atom is 1.00 e. The van der Waals surface area contributed by atoms with Gasteiger partial charge in [0.15, 0.2) is 0 Å². The van der Waals surface area contributed by atoms with E-state index in [0.29, 0.717) is 0 Å². The number of hydrogen-bond donors (Lipinski definition) is 1. The molecule has 2 nitrogen and oxygen atoms in total. The van der Waals surface area contributed by atoms with Gasteiger partial charge in [-0.2, -0.15) is 0 Å². The molecular weight excluding hydrogens is 180 g/mol. The molecule has 0 amide bonds. The van der Waals surface area contributed by atoms with Gasteiger partial charge in [0, 0.05) is 13.1 Å². The van der Waals surface area contributed by atoms with Crippen LogP contribution in [0.15, 0.2) is 0 Å². The molecule has 1 heterocycles.